The highest BCUT2D eigenvalue weighted by atomic mass is 32.2. The Bertz CT molecular complexity index is 296. The number of carbonyl (C=O) groups excluding carboxylic acids is 1. The largest absolute Gasteiger partial charge is 0.341 e. The maximum Gasteiger partial charge on any atom is 0.229 e. The summed E-state index contributed by atoms with van der Waals surface area (Å²) in [7, 11) is 0. The zero-order chi connectivity index (χ0) is 9.80. The molecule has 1 aliphatic heterocycles. The van der Waals surface area contributed by atoms with Gasteiger partial charge in [-0.15, -0.1) is 21.5 Å². The smallest absolute Gasteiger partial charge is 0.229 e. The standard InChI is InChI=1S/C8H11N3OS2/c12-8(5-7-10-9-6-14-7)11-1-3-13-4-2-11/h6H,1-5H2. The maximum absolute atomic E-state index is 11.7. The van der Waals surface area contributed by atoms with Crippen molar-refractivity contribution < 1.29 is 4.79 Å². The average Bonchev–Trinajstić information content (AvgIpc) is 2.72. The van der Waals surface area contributed by atoms with E-state index in [0.717, 1.165) is 29.6 Å². The Morgan fingerprint density at radius 3 is 2.93 bits per heavy atom. The number of carbonyl (C=O) groups is 1. The highest BCUT2D eigenvalue weighted by molar-refractivity contribution is 7.99. The fourth-order valence-corrected chi connectivity index (χ4v) is 2.75. The number of hydrogen-bond donors (Lipinski definition) is 0. The molecule has 14 heavy (non-hydrogen) atoms. The first-order valence-electron chi connectivity index (χ1n) is 4.47. The van der Waals surface area contributed by atoms with Crippen LogP contribution in [0.4, 0.5) is 0 Å². The summed E-state index contributed by atoms with van der Waals surface area (Å²) in [5.41, 5.74) is 1.66. The molecule has 0 aromatic carbocycles. The maximum atomic E-state index is 11.7. The van der Waals surface area contributed by atoms with E-state index in [1.54, 1.807) is 5.51 Å². The molecule has 1 amide bonds. The first kappa shape index (κ1) is 9.92. The second-order valence-electron chi connectivity index (χ2n) is 3.00. The lowest BCUT2D eigenvalue weighted by molar-refractivity contribution is -0.130. The van der Waals surface area contributed by atoms with Crippen molar-refractivity contribution in [1.82, 2.24) is 15.1 Å². The molecule has 0 N–H and O–H groups in total. The molecule has 2 rings (SSSR count). The third-order valence-electron chi connectivity index (χ3n) is 2.07. The molecule has 4 nitrogen and oxygen atoms in total. The van der Waals surface area contributed by atoms with E-state index in [4.69, 9.17) is 0 Å². The van der Waals surface area contributed by atoms with E-state index in [1.165, 1.54) is 11.3 Å². The first-order valence-corrected chi connectivity index (χ1v) is 6.50. The van der Waals surface area contributed by atoms with E-state index in [2.05, 4.69) is 10.2 Å². The van der Waals surface area contributed by atoms with Crippen molar-refractivity contribution in [3.63, 3.8) is 0 Å². The van der Waals surface area contributed by atoms with Crippen molar-refractivity contribution in [2.75, 3.05) is 24.6 Å². The Morgan fingerprint density at radius 1 is 1.50 bits per heavy atom. The monoisotopic (exact) mass is 229 g/mol. The van der Waals surface area contributed by atoms with Crippen LogP contribution in [-0.2, 0) is 11.2 Å². The number of hydrogen-bond acceptors (Lipinski definition) is 5. The normalized spacial score (nSPS) is 17.0. The van der Waals surface area contributed by atoms with Crippen molar-refractivity contribution in [2.45, 2.75) is 6.42 Å². The van der Waals surface area contributed by atoms with Gasteiger partial charge in [-0.25, -0.2) is 0 Å². The Hall–Kier alpha value is -0.620. The molecule has 1 aliphatic rings. The van der Waals surface area contributed by atoms with Crippen molar-refractivity contribution in [3.05, 3.63) is 10.5 Å². The van der Waals surface area contributed by atoms with Gasteiger partial charge in [-0.2, -0.15) is 11.8 Å². The number of rotatable bonds is 2. The molecule has 6 heteroatoms. The summed E-state index contributed by atoms with van der Waals surface area (Å²) in [4.78, 5) is 13.6. The van der Waals surface area contributed by atoms with Crippen molar-refractivity contribution in [1.29, 1.82) is 0 Å². The van der Waals surface area contributed by atoms with Gasteiger partial charge in [0.15, 0.2) is 0 Å². The lowest BCUT2D eigenvalue weighted by atomic mass is 10.3. The van der Waals surface area contributed by atoms with Crippen LogP contribution in [0.15, 0.2) is 5.51 Å². The molecular weight excluding hydrogens is 218 g/mol. The SMILES string of the molecule is O=C(Cc1nncs1)N1CCSCC1. The Labute approximate surface area is 90.7 Å². The summed E-state index contributed by atoms with van der Waals surface area (Å²) in [5, 5.41) is 8.39. The van der Waals surface area contributed by atoms with E-state index in [0.29, 0.717) is 6.42 Å². The summed E-state index contributed by atoms with van der Waals surface area (Å²) < 4.78 is 0. The number of amides is 1. The Balaban J connectivity index is 1.88. The van der Waals surface area contributed by atoms with Crippen LogP contribution >= 0.6 is 23.1 Å². The van der Waals surface area contributed by atoms with Crippen LogP contribution < -0.4 is 0 Å². The fourth-order valence-electron chi connectivity index (χ4n) is 1.33. The third-order valence-corrected chi connectivity index (χ3v) is 3.71. The van der Waals surface area contributed by atoms with Gasteiger partial charge in [0.1, 0.15) is 10.5 Å². The second kappa shape index (κ2) is 4.75. The average molecular weight is 229 g/mol. The van der Waals surface area contributed by atoms with Gasteiger partial charge in [-0.05, 0) is 0 Å². The molecule has 1 saturated heterocycles. The van der Waals surface area contributed by atoms with Gasteiger partial charge < -0.3 is 4.90 Å². The molecule has 0 spiro atoms. The van der Waals surface area contributed by atoms with Gasteiger partial charge in [-0.1, -0.05) is 0 Å². The number of thioether (sulfide) groups is 1. The highest BCUT2D eigenvalue weighted by Gasteiger charge is 2.17. The van der Waals surface area contributed by atoms with Crippen LogP contribution in [0.1, 0.15) is 5.01 Å². The van der Waals surface area contributed by atoms with E-state index in [9.17, 15) is 4.79 Å². The van der Waals surface area contributed by atoms with Gasteiger partial charge >= 0.3 is 0 Å². The molecule has 0 bridgehead atoms. The summed E-state index contributed by atoms with van der Waals surface area (Å²) in [6.07, 6.45) is 0.412. The quantitative estimate of drug-likeness (QED) is 0.747. The van der Waals surface area contributed by atoms with Gasteiger partial charge in [0.2, 0.25) is 5.91 Å². The molecule has 1 aromatic rings. The van der Waals surface area contributed by atoms with Crippen LogP contribution in [-0.4, -0.2) is 45.6 Å². The molecule has 0 saturated carbocycles. The molecular formula is C8H11N3OS2. The summed E-state index contributed by atoms with van der Waals surface area (Å²) in [6.45, 7) is 1.75. The molecule has 2 heterocycles. The zero-order valence-electron chi connectivity index (χ0n) is 7.68. The van der Waals surface area contributed by atoms with Crippen molar-refractivity contribution in [2.24, 2.45) is 0 Å². The third kappa shape index (κ3) is 2.45. The molecule has 1 fully saturated rings. The van der Waals surface area contributed by atoms with Crippen LogP contribution in [0.3, 0.4) is 0 Å². The van der Waals surface area contributed by atoms with E-state index in [-0.39, 0.29) is 5.91 Å². The van der Waals surface area contributed by atoms with Crippen molar-refractivity contribution in [3.8, 4) is 0 Å². The highest BCUT2D eigenvalue weighted by Crippen LogP contribution is 2.11. The molecule has 0 unspecified atom stereocenters. The lowest BCUT2D eigenvalue weighted by Gasteiger charge is -2.25. The minimum Gasteiger partial charge on any atom is -0.341 e. The number of aromatic nitrogens is 2. The molecule has 76 valence electrons. The molecule has 0 atom stereocenters. The van der Waals surface area contributed by atoms with E-state index < -0.39 is 0 Å². The van der Waals surface area contributed by atoms with Gasteiger partial charge in [-0.3, -0.25) is 4.79 Å². The van der Waals surface area contributed by atoms with Gasteiger partial charge in [0.25, 0.3) is 0 Å². The Morgan fingerprint density at radius 2 is 2.29 bits per heavy atom. The van der Waals surface area contributed by atoms with Crippen LogP contribution in [0, 0.1) is 0 Å². The van der Waals surface area contributed by atoms with E-state index in [1.807, 2.05) is 16.7 Å². The van der Waals surface area contributed by atoms with Crippen molar-refractivity contribution >= 4 is 29.0 Å². The topological polar surface area (TPSA) is 46.1 Å². The predicted octanol–water partition coefficient (Wildman–Crippen LogP) is 0.656. The first-order chi connectivity index (χ1) is 6.86. The lowest BCUT2D eigenvalue weighted by Crippen LogP contribution is -2.38. The molecule has 0 aliphatic carbocycles. The van der Waals surface area contributed by atoms with Gasteiger partial charge in [0, 0.05) is 24.6 Å². The Kier molecular flexibility index (Phi) is 3.36. The molecule has 0 radical (unpaired) electrons. The fraction of sp³-hybridized carbons (Fsp3) is 0.625. The minimum absolute atomic E-state index is 0.182. The summed E-state index contributed by atoms with van der Waals surface area (Å²) in [6, 6.07) is 0. The predicted molar refractivity (Wildman–Crippen MR) is 57.5 cm³/mol. The summed E-state index contributed by atoms with van der Waals surface area (Å²) in [5.74, 6) is 2.30. The summed E-state index contributed by atoms with van der Waals surface area (Å²) >= 11 is 3.35. The molecule has 1 aromatic heterocycles. The second-order valence-corrected chi connectivity index (χ2v) is 5.14. The number of nitrogens with zero attached hydrogens (tertiary/aromatic N) is 3. The zero-order valence-corrected chi connectivity index (χ0v) is 9.31. The van der Waals surface area contributed by atoms with Crippen LogP contribution in [0.25, 0.3) is 0 Å². The minimum atomic E-state index is 0.182. The van der Waals surface area contributed by atoms with E-state index >= 15 is 0 Å². The van der Waals surface area contributed by atoms with Crippen LogP contribution in [0.2, 0.25) is 0 Å². The van der Waals surface area contributed by atoms with Crippen LogP contribution in [0.5, 0.6) is 0 Å². The van der Waals surface area contributed by atoms with Gasteiger partial charge in [0.05, 0.1) is 6.42 Å².